The first-order valence-corrected chi connectivity index (χ1v) is 9.16. The van der Waals surface area contributed by atoms with Crippen LogP contribution in [0.15, 0.2) is 0 Å². The van der Waals surface area contributed by atoms with E-state index in [0.29, 0.717) is 18.4 Å². The average Bonchev–Trinajstić information content (AvgIpc) is 2.36. The number of methoxy groups -OCH3 is 1. The van der Waals surface area contributed by atoms with Crippen molar-refractivity contribution in [3.8, 4) is 0 Å². The summed E-state index contributed by atoms with van der Waals surface area (Å²) in [6.07, 6.45) is 1.32. The first-order valence-electron chi connectivity index (χ1n) is 5.29. The molecule has 0 aliphatic heterocycles. The van der Waals surface area contributed by atoms with Gasteiger partial charge in [-0.15, -0.1) is 0 Å². The minimum atomic E-state index is -3.16. The molecule has 0 saturated heterocycles. The van der Waals surface area contributed by atoms with Gasteiger partial charge in [0.2, 0.25) is 6.41 Å². The van der Waals surface area contributed by atoms with Crippen LogP contribution in [0.4, 0.5) is 4.79 Å². The van der Waals surface area contributed by atoms with Gasteiger partial charge in [-0.2, -0.15) is 4.08 Å². The zero-order valence-electron chi connectivity index (χ0n) is 11.2. The fraction of sp³-hybridized carbons (Fsp3) is 0.778. The third-order valence-electron chi connectivity index (χ3n) is 2.17. The van der Waals surface area contributed by atoms with Crippen LogP contribution in [0.5, 0.6) is 0 Å². The minimum absolute atomic E-state index is 0.110. The number of hydrogen-bond acceptors (Lipinski definition) is 6. The smallest absolute Gasteiger partial charge is 0.382 e. The summed E-state index contributed by atoms with van der Waals surface area (Å²) in [6.45, 7) is 0.728. The largest absolute Gasteiger partial charge is 0.460 e. The summed E-state index contributed by atoms with van der Waals surface area (Å²) in [5, 5.41) is -0.458. The van der Waals surface area contributed by atoms with Crippen molar-refractivity contribution in [3.63, 3.8) is 0 Å². The predicted molar refractivity (Wildman–Crippen MR) is 76.5 cm³/mol. The van der Waals surface area contributed by atoms with Gasteiger partial charge in [0.25, 0.3) is 0 Å². The highest BCUT2D eigenvalue weighted by Crippen LogP contribution is 2.66. The number of hydrogen-bond donors (Lipinski definition) is 0. The van der Waals surface area contributed by atoms with Gasteiger partial charge in [-0.25, -0.2) is 4.79 Å². The highest BCUT2D eigenvalue weighted by Gasteiger charge is 2.36. The molecule has 0 fully saturated rings. The summed E-state index contributed by atoms with van der Waals surface area (Å²) < 4.78 is 19.7. The summed E-state index contributed by atoms with van der Waals surface area (Å²) in [6, 6.07) is 0. The Morgan fingerprint density at radius 1 is 1.50 bits per heavy atom. The first-order chi connectivity index (χ1) is 8.31. The number of nitrogens with zero attached hydrogens (tertiary/aromatic N) is 2. The van der Waals surface area contributed by atoms with Crippen LogP contribution in [0.2, 0.25) is 0 Å². The first kappa shape index (κ1) is 17.8. The standard InChI is InChI=1S/C9H19N2O4PS2/c1-6-8(2)18-16(14,10(3)7-12)11(4)17-9(13)15-5/h7-8H,6H2,1-5H3. The van der Waals surface area contributed by atoms with E-state index in [9.17, 15) is 14.2 Å². The molecule has 9 heteroatoms. The molecular weight excluding hydrogens is 295 g/mol. The molecule has 1 amide bonds. The van der Waals surface area contributed by atoms with Crippen LogP contribution in [0, 0.1) is 0 Å². The van der Waals surface area contributed by atoms with Crippen LogP contribution < -0.4 is 0 Å². The summed E-state index contributed by atoms with van der Waals surface area (Å²) in [4.78, 5) is 22.1. The number of amides is 1. The molecule has 0 aliphatic rings. The van der Waals surface area contributed by atoms with Crippen LogP contribution >= 0.6 is 30.0 Å². The normalized spacial score (nSPS) is 15.9. The third kappa shape index (κ3) is 4.84. The minimum Gasteiger partial charge on any atom is -0.460 e. The Kier molecular flexibility index (Phi) is 8.02. The van der Waals surface area contributed by atoms with Gasteiger partial charge in [0.15, 0.2) is 0 Å². The van der Waals surface area contributed by atoms with E-state index in [-0.39, 0.29) is 5.25 Å². The van der Waals surface area contributed by atoms with E-state index in [4.69, 9.17) is 0 Å². The molecule has 2 atom stereocenters. The van der Waals surface area contributed by atoms with E-state index in [1.807, 2.05) is 13.8 Å². The highest BCUT2D eigenvalue weighted by molar-refractivity contribution is 8.58. The van der Waals surface area contributed by atoms with E-state index < -0.39 is 11.9 Å². The molecule has 106 valence electrons. The molecule has 0 aliphatic carbocycles. The summed E-state index contributed by atoms with van der Waals surface area (Å²) >= 11 is 1.88. The molecule has 2 unspecified atom stereocenters. The quantitative estimate of drug-likeness (QED) is 0.309. The molecule has 0 rings (SSSR count). The van der Waals surface area contributed by atoms with Crippen LogP contribution in [0.3, 0.4) is 0 Å². The second kappa shape index (κ2) is 8.09. The monoisotopic (exact) mass is 314 g/mol. The van der Waals surface area contributed by atoms with Crippen LogP contribution in [-0.2, 0) is 14.1 Å². The second-order valence-corrected chi connectivity index (χ2v) is 10.1. The fourth-order valence-electron chi connectivity index (χ4n) is 0.905. The van der Waals surface area contributed by atoms with Crippen molar-refractivity contribution in [2.24, 2.45) is 0 Å². The molecule has 0 aromatic carbocycles. The van der Waals surface area contributed by atoms with Crippen LogP contribution in [0.25, 0.3) is 0 Å². The topological polar surface area (TPSA) is 66.9 Å². The molecule has 0 radical (unpaired) electrons. The average molecular weight is 314 g/mol. The van der Waals surface area contributed by atoms with E-state index in [0.717, 1.165) is 11.1 Å². The lowest BCUT2D eigenvalue weighted by atomic mass is 10.4. The van der Waals surface area contributed by atoms with Gasteiger partial charge >= 0.3 is 11.9 Å². The SMILES string of the molecule is CCC(C)SP(=O)(N(C)C=O)N(C)SC(=O)OC. The number of carbonyl (C=O) groups is 2. The van der Waals surface area contributed by atoms with Crippen molar-refractivity contribution in [2.75, 3.05) is 21.2 Å². The fourth-order valence-corrected chi connectivity index (χ4v) is 7.03. The van der Waals surface area contributed by atoms with Gasteiger partial charge in [0.1, 0.15) is 0 Å². The van der Waals surface area contributed by atoms with Gasteiger partial charge in [-0.1, -0.05) is 25.2 Å². The zero-order valence-corrected chi connectivity index (χ0v) is 13.7. The molecule has 0 aromatic heterocycles. The molecule has 0 heterocycles. The lowest BCUT2D eigenvalue weighted by Gasteiger charge is -2.31. The van der Waals surface area contributed by atoms with E-state index in [1.165, 1.54) is 36.7 Å². The molecule has 6 nitrogen and oxygen atoms in total. The van der Waals surface area contributed by atoms with Crippen molar-refractivity contribution >= 4 is 41.7 Å². The van der Waals surface area contributed by atoms with Gasteiger partial charge in [-0.3, -0.25) is 14.0 Å². The van der Waals surface area contributed by atoms with Crippen molar-refractivity contribution in [1.82, 2.24) is 8.75 Å². The zero-order chi connectivity index (χ0) is 14.3. The molecule has 18 heavy (non-hydrogen) atoms. The lowest BCUT2D eigenvalue weighted by Crippen LogP contribution is -2.22. The van der Waals surface area contributed by atoms with Crippen LogP contribution in [-0.4, -0.2) is 46.9 Å². The van der Waals surface area contributed by atoms with E-state index in [1.54, 1.807) is 0 Å². The molecule has 0 saturated carbocycles. The van der Waals surface area contributed by atoms with Crippen molar-refractivity contribution in [1.29, 1.82) is 0 Å². The maximum Gasteiger partial charge on any atom is 0.382 e. The molecule has 0 N–H and O–H groups in total. The highest BCUT2D eigenvalue weighted by atomic mass is 32.7. The van der Waals surface area contributed by atoms with Crippen LogP contribution in [0.1, 0.15) is 20.3 Å². The van der Waals surface area contributed by atoms with Crippen molar-refractivity contribution in [3.05, 3.63) is 0 Å². The van der Waals surface area contributed by atoms with E-state index in [2.05, 4.69) is 4.74 Å². The maximum absolute atomic E-state index is 12.8. The molecule has 0 bridgehead atoms. The summed E-state index contributed by atoms with van der Waals surface area (Å²) in [5.41, 5.74) is 0. The summed E-state index contributed by atoms with van der Waals surface area (Å²) in [7, 11) is 4.20. The molecular formula is C9H19N2O4PS2. The van der Waals surface area contributed by atoms with Gasteiger partial charge < -0.3 is 4.74 Å². The Morgan fingerprint density at radius 3 is 2.44 bits per heavy atom. The Hall–Kier alpha value is -0.170. The summed E-state index contributed by atoms with van der Waals surface area (Å²) in [5.74, 6) is 0. The Balaban J connectivity index is 5.02. The molecule has 0 spiro atoms. The second-order valence-electron chi connectivity index (χ2n) is 3.50. The Morgan fingerprint density at radius 2 is 2.06 bits per heavy atom. The van der Waals surface area contributed by atoms with E-state index >= 15 is 0 Å². The predicted octanol–water partition coefficient (Wildman–Crippen LogP) is 3.06. The van der Waals surface area contributed by atoms with Crippen molar-refractivity contribution < 1.29 is 18.9 Å². The van der Waals surface area contributed by atoms with Gasteiger partial charge in [0.05, 0.1) is 19.1 Å². The van der Waals surface area contributed by atoms with Gasteiger partial charge in [0, 0.05) is 19.3 Å². The maximum atomic E-state index is 12.8. The Bertz CT molecular complexity index is 343. The Labute approximate surface area is 116 Å². The van der Waals surface area contributed by atoms with Gasteiger partial charge in [-0.05, 0) is 6.42 Å². The molecule has 0 aromatic rings. The number of rotatable bonds is 7. The third-order valence-corrected chi connectivity index (χ3v) is 9.95. The number of carbonyl (C=O) groups excluding carboxylic acids is 2. The lowest BCUT2D eigenvalue weighted by molar-refractivity contribution is -0.113. The number of ether oxygens (including phenoxy) is 1. The van der Waals surface area contributed by atoms with Crippen molar-refractivity contribution in [2.45, 2.75) is 25.5 Å².